The fourth-order valence-electron chi connectivity index (χ4n) is 3.92. The summed E-state index contributed by atoms with van der Waals surface area (Å²) in [5, 5.41) is 11.5. The third-order valence-corrected chi connectivity index (χ3v) is 5.93. The third-order valence-electron chi connectivity index (χ3n) is 5.93. The molecule has 0 unspecified atom stereocenters. The smallest absolute Gasteiger partial charge is 0.303 e. The van der Waals surface area contributed by atoms with Crippen LogP contribution < -0.4 is 10.2 Å². The predicted octanol–water partition coefficient (Wildman–Crippen LogP) is 3.83. The van der Waals surface area contributed by atoms with Gasteiger partial charge in [-0.3, -0.25) is 14.4 Å². The van der Waals surface area contributed by atoms with Gasteiger partial charge in [0.15, 0.2) is 0 Å². The van der Waals surface area contributed by atoms with Crippen molar-refractivity contribution in [1.29, 1.82) is 0 Å². The van der Waals surface area contributed by atoms with Gasteiger partial charge in [-0.05, 0) is 55.9 Å². The van der Waals surface area contributed by atoms with E-state index in [1.807, 2.05) is 30.3 Å². The van der Waals surface area contributed by atoms with E-state index in [9.17, 15) is 14.4 Å². The molecule has 33 heavy (non-hydrogen) atoms. The van der Waals surface area contributed by atoms with Gasteiger partial charge in [0.1, 0.15) is 6.73 Å². The van der Waals surface area contributed by atoms with E-state index in [4.69, 9.17) is 9.84 Å². The number of carboxylic acids is 1. The highest BCUT2D eigenvalue weighted by atomic mass is 16.5. The third kappa shape index (κ3) is 7.15. The molecule has 2 aromatic carbocycles. The van der Waals surface area contributed by atoms with Crippen molar-refractivity contribution in [1.82, 2.24) is 5.32 Å². The SMILES string of the molecule is CC(C)(CCC(=O)O)OCNC(=O)CCC(=O)N1Cc2ccccc2CCc2ccccc21. The van der Waals surface area contributed by atoms with Crippen molar-refractivity contribution in [2.24, 2.45) is 0 Å². The molecule has 7 nitrogen and oxygen atoms in total. The van der Waals surface area contributed by atoms with Crippen LogP contribution in [0, 0.1) is 0 Å². The molecule has 176 valence electrons. The average Bonchev–Trinajstić information content (AvgIpc) is 2.77. The summed E-state index contributed by atoms with van der Waals surface area (Å²) in [5.74, 6) is -1.27. The van der Waals surface area contributed by atoms with Crippen LogP contribution in [0.2, 0.25) is 0 Å². The summed E-state index contributed by atoms with van der Waals surface area (Å²) in [6.07, 6.45) is 2.26. The van der Waals surface area contributed by atoms with E-state index in [0.29, 0.717) is 13.0 Å². The first-order valence-corrected chi connectivity index (χ1v) is 11.3. The van der Waals surface area contributed by atoms with Gasteiger partial charge in [-0.1, -0.05) is 42.5 Å². The van der Waals surface area contributed by atoms with Gasteiger partial charge >= 0.3 is 5.97 Å². The number of para-hydroxylation sites is 1. The minimum atomic E-state index is -0.886. The first-order valence-electron chi connectivity index (χ1n) is 11.3. The molecule has 2 aromatic rings. The Hall–Kier alpha value is -3.19. The number of carbonyl (C=O) groups is 3. The summed E-state index contributed by atoms with van der Waals surface area (Å²) < 4.78 is 5.60. The van der Waals surface area contributed by atoms with Crippen molar-refractivity contribution in [3.8, 4) is 0 Å². The van der Waals surface area contributed by atoms with E-state index >= 15 is 0 Å². The lowest BCUT2D eigenvalue weighted by Crippen LogP contribution is -2.36. The summed E-state index contributed by atoms with van der Waals surface area (Å²) in [5.41, 5.74) is 3.73. The average molecular weight is 453 g/mol. The first kappa shape index (κ1) is 24.5. The molecule has 0 atom stereocenters. The van der Waals surface area contributed by atoms with Gasteiger partial charge in [0.05, 0.1) is 12.1 Å². The van der Waals surface area contributed by atoms with Gasteiger partial charge in [0.25, 0.3) is 0 Å². The van der Waals surface area contributed by atoms with Crippen molar-refractivity contribution >= 4 is 23.5 Å². The lowest BCUT2D eigenvalue weighted by molar-refractivity contribution is -0.139. The first-order chi connectivity index (χ1) is 15.7. The van der Waals surface area contributed by atoms with Crippen LogP contribution in [0.3, 0.4) is 0 Å². The Balaban J connectivity index is 1.57. The highest BCUT2D eigenvalue weighted by molar-refractivity contribution is 5.96. The zero-order valence-electron chi connectivity index (χ0n) is 19.3. The fourth-order valence-corrected chi connectivity index (χ4v) is 3.92. The number of hydrogen-bond donors (Lipinski definition) is 2. The number of carboxylic acid groups (broad SMARTS) is 1. The summed E-state index contributed by atoms with van der Waals surface area (Å²) in [6.45, 7) is 4.01. The molecule has 0 aliphatic carbocycles. The topological polar surface area (TPSA) is 95.9 Å². The lowest BCUT2D eigenvalue weighted by Gasteiger charge is -2.29. The molecule has 1 aliphatic heterocycles. The number of anilines is 1. The number of hydrogen-bond acceptors (Lipinski definition) is 4. The molecule has 0 spiro atoms. The maximum absolute atomic E-state index is 13.2. The van der Waals surface area contributed by atoms with E-state index in [1.54, 1.807) is 18.7 Å². The van der Waals surface area contributed by atoms with Crippen molar-refractivity contribution in [2.45, 2.75) is 64.5 Å². The second-order valence-corrected chi connectivity index (χ2v) is 8.92. The number of nitrogens with one attached hydrogen (secondary N) is 1. The highest BCUT2D eigenvalue weighted by Crippen LogP contribution is 2.29. The van der Waals surface area contributed by atoms with Gasteiger partial charge in [-0.2, -0.15) is 0 Å². The molecule has 0 aromatic heterocycles. The number of amides is 2. The summed E-state index contributed by atoms with van der Waals surface area (Å²) in [6, 6.07) is 16.1. The van der Waals surface area contributed by atoms with Crippen LogP contribution in [0.25, 0.3) is 0 Å². The monoisotopic (exact) mass is 452 g/mol. The molecule has 0 saturated heterocycles. The van der Waals surface area contributed by atoms with Crippen LogP contribution in [-0.2, 0) is 38.5 Å². The fraction of sp³-hybridized carbons (Fsp3) is 0.423. The Kier molecular flexibility index (Phi) is 8.22. The molecule has 0 radical (unpaired) electrons. The number of ether oxygens (including phenoxy) is 1. The maximum Gasteiger partial charge on any atom is 0.303 e. The number of rotatable bonds is 9. The van der Waals surface area contributed by atoms with Gasteiger partial charge in [-0.15, -0.1) is 0 Å². The molecule has 7 heteroatoms. The van der Waals surface area contributed by atoms with Gasteiger partial charge in [-0.25, -0.2) is 0 Å². The van der Waals surface area contributed by atoms with E-state index in [-0.39, 0.29) is 37.8 Å². The molecule has 1 heterocycles. The normalized spacial score (nSPS) is 13.3. The van der Waals surface area contributed by atoms with Crippen molar-refractivity contribution in [3.63, 3.8) is 0 Å². The number of fused-ring (bicyclic) bond motifs is 2. The van der Waals surface area contributed by atoms with E-state index < -0.39 is 11.6 Å². The van der Waals surface area contributed by atoms with Crippen LogP contribution in [0.5, 0.6) is 0 Å². The minimum Gasteiger partial charge on any atom is -0.481 e. The number of carbonyl (C=O) groups excluding carboxylic acids is 2. The summed E-state index contributed by atoms with van der Waals surface area (Å²) in [7, 11) is 0. The predicted molar refractivity (Wildman–Crippen MR) is 126 cm³/mol. The molecule has 0 fully saturated rings. The minimum absolute atomic E-state index is 0.00408. The molecule has 0 bridgehead atoms. The standard InChI is InChI=1S/C26H32N2O5/c1-26(2,16-15-25(31)32)33-18-27-23(29)13-14-24(30)28-17-21-9-4-3-7-19(21)11-12-20-8-5-6-10-22(20)28/h3-10H,11-18H2,1-2H3,(H,27,29)(H,31,32). The highest BCUT2D eigenvalue weighted by Gasteiger charge is 2.23. The zero-order valence-corrected chi connectivity index (χ0v) is 19.3. The second-order valence-electron chi connectivity index (χ2n) is 8.92. The Morgan fingerprint density at radius 3 is 2.30 bits per heavy atom. The molecule has 2 amide bonds. The van der Waals surface area contributed by atoms with Crippen molar-refractivity contribution in [3.05, 3.63) is 65.2 Å². The van der Waals surface area contributed by atoms with Gasteiger partial charge in [0.2, 0.25) is 11.8 Å². The zero-order chi connectivity index (χ0) is 23.8. The Bertz CT molecular complexity index is 1000. The van der Waals surface area contributed by atoms with E-state index in [0.717, 1.165) is 29.7 Å². The van der Waals surface area contributed by atoms with Crippen LogP contribution in [0.1, 0.15) is 56.2 Å². The molecule has 1 aliphatic rings. The summed E-state index contributed by atoms with van der Waals surface area (Å²) >= 11 is 0. The van der Waals surface area contributed by atoms with Crippen molar-refractivity contribution in [2.75, 3.05) is 11.6 Å². The Labute approximate surface area is 194 Å². The Morgan fingerprint density at radius 2 is 1.58 bits per heavy atom. The van der Waals surface area contributed by atoms with Gasteiger partial charge in [0, 0.05) is 24.9 Å². The van der Waals surface area contributed by atoms with Crippen LogP contribution in [0.15, 0.2) is 48.5 Å². The lowest BCUT2D eigenvalue weighted by atomic mass is 9.95. The number of benzene rings is 2. The molecule has 3 rings (SSSR count). The number of aryl methyl sites for hydroxylation is 2. The Morgan fingerprint density at radius 1 is 0.939 bits per heavy atom. The van der Waals surface area contributed by atoms with Crippen LogP contribution in [-0.4, -0.2) is 35.2 Å². The molecule has 2 N–H and O–H groups in total. The number of aliphatic carboxylic acids is 1. The molecular weight excluding hydrogens is 420 g/mol. The quantitative estimate of drug-likeness (QED) is 0.564. The van der Waals surface area contributed by atoms with Gasteiger partial charge < -0.3 is 20.1 Å². The molecular formula is C26H32N2O5. The summed E-state index contributed by atoms with van der Waals surface area (Å²) in [4.78, 5) is 38.0. The molecule has 0 saturated carbocycles. The van der Waals surface area contributed by atoms with Crippen molar-refractivity contribution < 1.29 is 24.2 Å². The number of nitrogens with zero attached hydrogens (tertiary/aromatic N) is 1. The second kappa shape index (κ2) is 11.1. The van der Waals surface area contributed by atoms with E-state index in [2.05, 4.69) is 23.5 Å². The van der Waals surface area contributed by atoms with E-state index in [1.165, 1.54) is 5.56 Å². The largest absolute Gasteiger partial charge is 0.481 e. The maximum atomic E-state index is 13.2. The van der Waals surface area contributed by atoms with Crippen LogP contribution >= 0.6 is 0 Å². The van der Waals surface area contributed by atoms with Crippen LogP contribution in [0.4, 0.5) is 5.69 Å².